The van der Waals surface area contributed by atoms with Crippen molar-refractivity contribution >= 4 is 23.1 Å². The molecule has 2 N–H and O–H groups in total. The van der Waals surface area contributed by atoms with Gasteiger partial charge in [0.2, 0.25) is 0 Å². The van der Waals surface area contributed by atoms with Gasteiger partial charge in [0, 0.05) is 23.7 Å². The summed E-state index contributed by atoms with van der Waals surface area (Å²) in [6.45, 7) is 4.43. The molecule has 1 amide bonds. The number of pyridine rings is 1. The van der Waals surface area contributed by atoms with Crippen molar-refractivity contribution in [1.82, 2.24) is 14.9 Å². The first-order valence-electron chi connectivity index (χ1n) is 6.42. The smallest absolute Gasteiger partial charge is 0.254 e. The van der Waals surface area contributed by atoms with Crippen LogP contribution in [0.4, 0.5) is 5.82 Å². The average molecular weight is 290 g/mol. The number of amides is 1. The van der Waals surface area contributed by atoms with Crippen molar-refractivity contribution < 1.29 is 4.79 Å². The summed E-state index contributed by atoms with van der Waals surface area (Å²) in [6, 6.07) is 3.41. The first-order valence-corrected chi connectivity index (χ1v) is 7.30. The van der Waals surface area contributed by atoms with Crippen LogP contribution in [0.1, 0.15) is 33.7 Å². The molecule has 0 unspecified atom stereocenters. The first kappa shape index (κ1) is 14.5. The van der Waals surface area contributed by atoms with Gasteiger partial charge < -0.3 is 10.6 Å². The molecule has 0 saturated heterocycles. The van der Waals surface area contributed by atoms with E-state index in [0.29, 0.717) is 17.9 Å². The van der Waals surface area contributed by atoms with Gasteiger partial charge in [0.25, 0.3) is 5.91 Å². The van der Waals surface area contributed by atoms with E-state index >= 15 is 0 Å². The fraction of sp³-hybridized carbons (Fsp3) is 0.357. The number of carbonyl (C=O) groups excluding carboxylic acids is 1. The van der Waals surface area contributed by atoms with E-state index in [1.54, 1.807) is 35.4 Å². The topological polar surface area (TPSA) is 72.1 Å². The number of hydrogen-bond donors (Lipinski definition) is 1. The van der Waals surface area contributed by atoms with Crippen LogP contribution in [0.5, 0.6) is 0 Å². The van der Waals surface area contributed by atoms with Crippen molar-refractivity contribution in [1.29, 1.82) is 0 Å². The van der Waals surface area contributed by atoms with E-state index in [2.05, 4.69) is 9.97 Å². The number of nitrogens with zero attached hydrogens (tertiary/aromatic N) is 3. The van der Waals surface area contributed by atoms with E-state index in [1.165, 1.54) is 0 Å². The predicted molar refractivity (Wildman–Crippen MR) is 80.7 cm³/mol. The van der Waals surface area contributed by atoms with Crippen LogP contribution >= 0.6 is 11.3 Å². The van der Waals surface area contributed by atoms with Gasteiger partial charge in [-0.25, -0.2) is 9.97 Å². The van der Waals surface area contributed by atoms with Gasteiger partial charge >= 0.3 is 0 Å². The van der Waals surface area contributed by atoms with E-state index in [-0.39, 0.29) is 5.91 Å². The van der Waals surface area contributed by atoms with Crippen LogP contribution in [0.3, 0.4) is 0 Å². The number of aryl methyl sites for hydroxylation is 2. The van der Waals surface area contributed by atoms with Gasteiger partial charge in [-0.15, -0.1) is 11.3 Å². The minimum Gasteiger partial charge on any atom is -0.384 e. The minimum absolute atomic E-state index is 0.0700. The number of aromatic nitrogens is 2. The van der Waals surface area contributed by atoms with Crippen LogP contribution in [0.15, 0.2) is 17.5 Å². The van der Waals surface area contributed by atoms with Crippen LogP contribution < -0.4 is 5.73 Å². The molecular weight excluding hydrogens is 272 g/mol. The lowest BCUT2D eigenvalue weighted by molar-refractivity contribution is 0.0783. The van der Waals surface area contributed by atoms with Crippen LogP contribution in [-0.4, -0.2) is 27.8 Å². The van der Waals surface area contributed by atoms with Crippen LogP contribution in [-0.2, 0) is 13.0 Å². The maximum absolute atomic E-state index is 12.4. The van der Waals surface area contributed by atoms with Gasteiger partial charge in [-0.2, -0.15) is 0 Å². The van der Waals surface area contributed by atoms with Gasteiger partial charge in [-0.3, -0.25) is 4.79 Å². The van der Waals surface area contributed by atoms with Crippen LogP contribution in [0.2, 0.25) is 0 Å². The number of nitrogen functional groups attached to an aromatic ring is 1. The largest absolute Gasteiger partial charge is 0.384 e. The number of thiazole rings is 1. The third kappa shape index (κ3) is 3.33. The summed E-state index contributed by atoms with van der Waals surface area (Å²) in [6.07, 6.45) is 0.750. The molecular formula is C14H18N4OS. The molecule has 2 rings (SSSR count). The number of nitrogens with two attached hydrogens (primary N) is 1. The molecule has 0 aliphatic rings. The quantitative estimate of drug-likeness (QED) is 0.937. The maximum atomic E-state index is 12.4. The molecule has 2 aromatic rings. The molecule has 0 radical (unpaired) electrons. The van der Waals surface area contributed by atoms with Gasteiger partial charge in [0.15, 0.2) is 0 Å². The Balaban J connectivity index is 2.15. The molecule has 106 valence electrons. The Bertz CT molecular complexity index is 623. The van der Waals surface area contributed by atoms with Crippen LogP contribution in [0.25, 0.3) is 0 Å². The molecule has 0 atom stereocenters. The molecule has 0 bridgehead atoms. The fourth-order valence-electron chi connectivity index (χ4n) is 1.93. The third-order valence-electron chi connectivity index (χ3n) is 2.92. The molecule has 6 heteroatoms. The average Bonchev–Trinajstić information content (AvgIpc) is 2.82. The summed E-state index contributed by atoms with van der Waals surface area (Å²) in [5.74, 6) is 0.310. The third-order valence-corrected chi connectivity index (χ3v) is 3.74. The van der Waals surface area contributed by atoms with E-state index < -0.39 is 0 Å². The summed E-state index contributed by atoms with van der Waals surface area (Å²) in [4.78, 5) is 22.6. The van der Waals surface area contributed by atoms with E-state index in [9.17, 15) is 4.79 Å². The maximum Gasteiger partial charge on any atom is 0.254 e. The Hall–Kier alpha value is -1.95. The second-order valence-electron chi connectivity index (χ2n) is 4.64. The van der Waals surface area contributed by atoms with Gasteiger partial charge in [-0.1, -0.05) is 6.92 Å². The summed E-state index contributed by atoms with van der Waals surface area (Å²) in [5.41, 5.74) is 8.04. The minimum atomic E-state index is -0.0700. The molecule has 0 aliphatic carbocycles. The molecule has 2 aromatic heterocycles. The molecule has 0 saturated carbocycles. The zero-order valence-electron chi connectivity index (χ0n) is 11.9. The molecule has 20 heavy (non-hydrogen) atoms. The normalized spacial score (nSPS) is 10.6. The van der Waals surface area contributed by atoms with E-state index in [0.717, 1.165) is 22.8 Å². The van der Waals surface area contributed by atoms with Crippen molar-refractivity contribution in [3.8, 4) is 0 Å². The molecule has 0 fully saturated rings. The highest BCUT2D eigenvalue weighted by Gasteiger charge is 2.14. The van der Waals surface area contributed by atoms with E-state index in [4.69, 9.17) is 5.73 Å². The number of hydrogen-bond acceptors (Lipinski definition) is 5. The zero-order valence-corrected chi connectivity index (χ0v) is 12.7. The molecule has 0 aliphatic heterocycles. The Morgan fingerprint density at radius 3 is 2.70 bits per heavy atom. The van der Waals surface area contributed by atoms with Crippen molar-refractivity contribution in [2.24, 2.45) is 0 Å². The summed E-state index contributed by atoms with van der Waals surface area (Å²) < 4.78 is 0. The lowest BCUT2D eigenvalue weighted by Crippen LogP contribution is -2.26. The summed E-state index contributed by atoms with van der Waals surface area (Å²) in [5, 5.41) is 2.97. The van der Waals surface area contributed by atoms with Gasteiger partial charge in [0.1, 0.15) is 5.82 Å². The van der Waals surface area contributed by atoms with E-state index in [1.807, 2.05) is 19.2 Å². The van der Waals surface area contributed by atoms with Crippen molar-refractivity contribution in [2.45, 2.75) is 26.8 Å². The first-order chi connectivity index (χ1) is 9.49. The second-order valence-corrected chi connectivity index (χ2v) is 5.71. The Kier molecular flexibility index (Phi) is 4.34. The lowest BCUT2D eigenvalue weighted by atomic mass is 10.1. The molecule has 0 spiro atoms. The molecule has 0 aromatic carbocycles. The Morgan fingerprint density at radius 1 is 1.35 bits per heavy atom. The summed E-state index contributed by atoms with van der Waals surface area (Å²) >= 11 is 1.58. The predicted octanol–water partition coefficient (Wildman–Crippen LogP) is 2.26. The van der Waals surface area contributed by atoms with Crippen molar-refractivity contribution in [3.05, 3.63) is 39.5 Å². The highest BCUT2D eigenvalue weighted by Crippen LogP contribution is 2.14. The Labute approximate surface area is 122 Å². The highest BCUT2D eigenvalue weighted by molar-refractivity contribution is 7.09. The van der Waals surface area contributed by atoms with Crippen molar-refractivity contribution in [3.63, 3.8) is 0 Å². The monoisotopic (exact) mass is 290 g/mol. The fourth-order valence-corrected chi connectivity index (χ4v) is 2.54. The van der Waals surface area contributed by atoms with Crippen molar-refractivity contribution in [2.75, 3.05) is 12.8 Å². The molecule has 2 heterocycles. The number of anilines is 1. The van der Waals surface area contributed by atoms with Gasteiger partial charge in [-0.05, 0) is 25.5 Å². The number of carbonyl (C=O) groups is 1. The van der Waals surface area contributed by atoms with Crippen LogP contribution in [0, 0.1) is 6.92 Å². The highest BCUT2D eigenvalue weighted by atomic mass is 32.1. The Morgan fingerprint density at radius 2 is 2.10 bits per heavy atom. The lowest BCUT2D eigenvalue weighted by Gasteiger charge is -2.16. The second kappa shape index (κ2) is 6.00. The SMILES string of the molecule is CCc1cc(C(=O)N(C)Cc2csc(C)n2)cc(N)n1. The zero-order chi connectivity index (χ0) is 14.7. The van der Waals surface area contributed by atoms with Gasteiger partial charge in [0.05, 0.1) is 17.2 Å². The standard InChI is InChI=1S/C14H18N4OS/c1-4-11-5-10(6-13(15)17-11)14(19)18(3)7-12-8-20-9(2)16-12/h5-6,8H,4,7H2,1-3H3,(H2,15,17). The number of rotatable bonds is 4. The molecule has 5 nitrogen and oxygen atoms in total. The summed E-state index contributed by atoms with van der Waals surface area (Å²) in [7, 11) is 1.76.